The third kappa shape index (κ3) is 3.01. The van der Waals surface area contributed by atoms with Crippen molar-refractivity contribution >= 4 is 15.9 Å². The van der Waals surface area contributed by atoms with E-state index < -0.39 is 11.6 Å². The van der Waals surface area contributed by atoms with E-state index in [1.54, 1.807) is 0 Å². The lowest BCUT2D eigenvalue weighted by atomic mass is 10.2. The number of nitrogens with two attached hydrogens (primary N) is 1. The van der Waals surface area contributed by atoms with Crippen molar-refractivity contribution in [3.05, 3.63) is 33.8 Å². The Balaban J connectivity index is 2.75. The molecule has 2 nitrogen and oxygen atoms in total. The summed E-state index contributed by atoms with van der Waals surface area (Å²) in [5.41, 5.74) is 5.28. The van der Waals surface area contributed by atoms with Crippen molar-refractivity contribution in [1.82, 2.24) is 5.32 Å². The maximum absolute atomic E-state index is 13.2. The lowest BCUT2D eigenvalue weighted by Crippen LogP contribution is -2.23. The van der Waals surface area contributed by atoms with Crippen LogP contribution in [-0.4, -0.2) is 13.1 Å². The Morgan fingerprint density at radius 2 is 1.86 bits per heavy atom. The van der Waals surface area contributed by atoms with Crippen molar-refractivity contribution in [2.45, 2.75) is 6.54 Å². The second-order valence-corrected chi connectivity index (χ2v) is 3.73. The summed E-state index contributed by atoms with van der Waals surface area (Å²) < 4.78 is 26.8. The first-order valence-electron chi connectivity index (χ1n) is 4.19. The number of hydrogen-bond acceptors (Lipinski definition) is 2. The number of benzene rings is 1. The van der Waals surface area contributed by atoms with Crippen LogP contribution in [0.5, 0.6) is 0 Å². The molecule has 0 unspecified atom stereocenters. The van der Waals surface area contributed by atoms with Crippen molar-refractivity contribution in [2.24, 2.45) is 5.73 Å². The van der Waals surface area contributed by atoms with E-state index in [0.29, 0.717) is 17.6 Å². The van der Waals surface area contributed by atoms with Crippen LogP contribution in [0.3, 0.4) is 0 Å². The van der Waals surface area contributed by atoms with Crippen LogP contribution in [0.1, 0.15) is 5.56 Å². The normalized spacial score (nSPS) is 10.6. The molecule has 0 aliphatic rings. The third-order valence-corrected chi connectivity index (χ3v) is 2.19. The van der Waals surface area contributed by atoms with Gasteiger partial charge in [-0.25, -0.2) is 8.78 Å². The standard InChI is InChI=1S/C9H11BrF2N2/c10-6-3-8(11)7(9(12)4-6)5-14-2-1-13/h3-4,14H,1-2,5,13H2. The van der Waals surface area contributed by atoms with Gasteiger partial charge in [0.05, 0.1) is 0 Å². The molecule has 0 spiro atoms. The number of nitrogens with one attached hydrogen (secondary N) is 1. The van der Waals surface area contributed by atoms with Gasteiger partial charge in [0, 0.05) is 29.7 Å². The molecule has 0 amide bonds. The molecule has 0 atom stereocenters. The fourth-order valence-electron chi connectivity index (χ4n) is 1.06. The van der Waals surface area contributed by atoms with E-state index in [0.717, 1.165) is 0 Å². The Hall–Kier alpha value is -0.520. The smallest absolute Gasteiger partial charge is 0.131 e. The molecule has 1 aromatic rings. The minimum absolute atomic E-state index is 0.0432. The summed E-state index contributed by atoms with van der Waals surface area (Å²) in [6.07, 6.45) is 0. The summed E-state index contributed by atoms with van der Waals surface area (Å²) in [7, 11) is 0. The highest BCUT2D eigenvalue weighted by atomic mass is 79.9. The molecule has 0 fully saturated rings. The van der Waals surface area contributed by atoms with Crippen LogP contribution in [0.15, 0.2) is 16.6 Å². The van der Waals surface area contributed by atoms with Crippen LogP contribution in [0.25, 0.3) is 0 Å². The zero-order valence-electron chi connectivity index (χ0n) is 7.49. The molecule has 14 heavy (non-hydrogen) atoms. The van der Waals surface area contributed by atoms with E-state index in [1.807, 2.05) is 0 Å². The Morgan fingerprint density at radius 1 is 1.29 bits per heavy atom. The zero-order valence-corrected chi connectivity index (χ0v) is 9.07. The largest absolute Gasteiger partial charge is 0.329 e. The van der Waals surface area contributed by atoms with Crippen LogP contribution in [0.4, 0.5) is 8.78 Å². The first kappa shape index (κ1) is 11.6. The molecule has 0 saturated carbocycles. The molecule has 0 aromatic heterocycles. The summed E-state index contributed by atoms with van der Waals surface area (Å²) >= 11 is 3.01. The van der Waals surface area contributed by atoms with Crippen LogP contribution >= 0.6 is 15.9 Å². The van der Waals surface area contributed by atoms with Gasteiger partial charge in [-0.2, -0.15) is 0 Å². The molecule has 5 heteroatoms. The van der Waals surface area contributed by atoms with E-state index in [-0.39, 0.29) is 12.1 Å². The van der Waals surface area contributed by atoms with E-state index in [4.69, 9.17) is 5.73 Å². The van der Waals surface area contributed by atoms with Gasteiger partial charge in [-0.05, 0) is 12.1 Å². The molecular weight excluding hydrogens is 254 g/mol. The van der Waals surface area contributed by atoms with Crippen LogP contribution in [0, 0.1) is 11.6 Å². The van der Waals surface area contributed by atoms with Gasteiger partial charge in [0.1, 0.15) is 11.6 Å². The zero-order chi connectivity index (χ0) is 10.6. The van der Waals surface area contributed by atoms with E-state index in [9.17, 15) is 8.78 Å². The maximum atomic E-state index is 13.2. The third-order valence-electron chi connectivity index (χ3n) is 1.73. The average molecular weight is 265 g/mol. The summed E-state index contributed by atoms with van der Waals surface area (Å²) in [6.45, 7) is 1.14. The van der Waals surface area contributed by atoms with Crippen LogP contribution in [-0.2, 0) is 6.54 Å². The first-order valence-corrected chi connectivity index (χ1v) is 4.98. The van der Waals surface area contributed by atoms with Crippen LogP contribution < -0.4 is 11.1 Å². The quantitative estimate of drug-likeness (QED) is 0.814. The number of hydrogen-bond donors (Lipinski definition) is 2. The first-order chi connectivity index (χ1) is 6.65. The Bertz CT molecular complexity index is 295. The van der Waals surface area contributed by atoms with Crippen LogP contribution in [0.2, 0.25) is 0 Å². The molecule has 0 radical (unpaired) electrons. The fraction of sp³-hybridized carbons (Fsp3) is 0.333. The Morgan fingerprint density at radius 3 is 2.36 bits per heavy atom. The van der Waals surface area contributed by atoms with Gasteiger partial charge in [-0.3, -0.25) is 0 Å². The Kier molecular flexibility index (Phi) is 4.44. The molecule has 1 rings (SSSR count). The SMILES string of the molecule is NCCNCc1c(F)cc(Br)cc1F. The van der Waals surface area contributed by atoms with Gasteiger partial charge in [0.2, 0.25) is 0 Å². The molecule has 0 aliphatic heterocycles. The lowest BCUT2D eigenvalue weighted by molar-refractivity contribution is 0.536. The van der Waals surface area contributed by atoms with Crippen molar-refractivity contribution in [2.75, 3.05) is 13.1 Å². The minimum Gasteiger partial charge on any atom is -0.329 e. The van der Waals surface area contributed by atoms with E-state index in [1.165, 1.54) is 12.1 Å². The van der Waals surface area contributed by atoms with Gasteiger partial charge in [0.25, 0.3) is 0 Å². The number of rotatable bonds is 4. The van der Waals surface area contributed by atoms with Gasteiger partial charge < -0.3 is 11.1 Å². The van der Waals surface area contributed by atoms with Gasteiger partial charge in [-0.1, -0.05) is 15.9 Å². The monoisotopic (exact) mass is 264 g/mol. The van der Waals surface area contributed by atoms with Gasteiger partial charge in [0.15, 0.2) is 0 Å². The summed E-state index contributed by atoms with van der Waals surface area (Å²) in [5, 5.41) is 2.83. The van der Waals surface area contributed by atoms with E-state index >= 15 is 0 Å². The van der Waals surface area contributed by atoms with Crippen molar-refractivity contribution in [3.8, 4) is 0 Å². The molecule has 78 valence electrons. The molecule has 0 saturated heterocycles. The summed E-state index contributed by atoms with van der Waals surface area (Å²) in [6, 6.07) is 2.48. The number of halogens is 3. The molecule has 0 heterocycles. The van der Waals surface area contributed by atoms with Crippen molar-refractivity contribution in [3.63, 3.8) is 0 Å². The highest BCUT2D eigenvalue weighted by Crippen LogP contribution is 2.19. The molecule has 0 bridgehead atoms. The fourth-order valence-corrected chi connectivity index (χ4v) is 1.46. The minimum atomic E-state index is -0.554. The predicted molar refractivity (Wildman–Crippen MR) is 54.8 cm³/mol. The summed E-state index contributed by atoms with van der Waals surface area (Å²) in [4.78, 5) is 0. The molecule has 3 N–H and O–H groups in total. The van der Waals surface area contributed by atoms with E-state index in [2.05, 4.69) is 21.2 Å². The topological polar surface area (TPSA) is 38.0 Å². The lowest BCUT2D eigenvalue weighted by Gasteiger charge is -2.06. The van der Waals surface area contributed by atoms with Crippen molar-refractivity contribution < 1.29 is 8.78 Å². The van der Waals surface area contributed by atoms with Gasteiger partial charge >= 0.3 is 0 Å². The van der Waals surface area contributed by atoms with Gasteiger partial charge in [-0.15, -0.1) is 0 Å². The average Bonchev–Trinajstić information content (AvgIpc) is 2.09. The van der Waals surface area contributed by atoms with Crippen molar-refractivity contribution in [1.29, 1.82) is 0 Å². The molecule has 1 aromatic carbocycles. The summed E-state index contributed by atoms with van der Waals surface area (Å²) in [5.74, 6) is -1.11. The second-order valence-electron chi connectivity index (χ2n) is 2.81. The molecular formula is C9H11BrF2N2. The molecule has 0 aliphatic carbocycles. The second kappa shape index (κ2) is 5.38. The highest BCUT2D eigenvalue weighted by molar-refractivity contribution is 9.10. The Labute approximate surface area is 89.6 Å². The highest BCUT2D eigenvalue weighted by Gasteiger charge is 2.09. The predicted octanol–water partition coefficient (Wildman–Crippen LogP) is 1.78. The maximum Gasteiger partial charge on any atom is 0.131 e.